The standard InChI is InChI=1S/C8H12N2/c9-5-4-8-10-6-2-1-3-7-10/h1-4,6,8H2. The molecule has 1 aliphatic heterocycles. The van der Waals surface area contributed by atoms with Gasteiger partial charge in [0.05, 0.1) is 12.6 Å². The van der Waals surface area contributed by atoms with E-state index in [1.807, 2.05) is 0 Å². The summed E-state index contributed by atoms with van der Waals surface area (Å²) in [6.45, 7) is 5.21. The Morgan fingerprint density at radius 2 is 2.40 bits per heavy atom. The van der Waals surface area contributed by atoms with Gasteiger partial charge in [0, 0.05) is 13.0 Å². The van der Waals surface area contributed by atoms with Crippen LogP contribution >= 0.6 is 0 Å². The molecule has 0 amide bonds. The molecule has 1 aliphatic rings. The molecule has 0 bridgehead atoms. The van der Waals surface area contributed by atoms with Gasteiger partial charge in [0.2, 0.25) is 0 Å². The van der Waals surface area contributed by atoms with Crippen molar-refractivity contribution in [1.82, 2.24) is 4.90 Å². The van der Waals surface area contributed by atoms with Gasteiger partial charge in [-0.05, 0) is 19.4 Å². The molecule has 0 aromatic rings. The van der Waals surface area contributed by atoms with Gasteiger partial charge in [-0.25, -0.2) is 0 Å². The first-order chi connectivity index (χ1) is 4.93. The van der Waals surface area contributed by atoms with Crippen molar-refractivity contribution in [3.05, 3.63) is 6.54 Å². The van der Waals surface area contributed by atoms with Gasteiger partial charge in [-0.2, -0.15) is 5.26 Å². The zero-order chi connectivity index (χ0) is 7.23. The summed E-state index contributed by atoms with van der Waals surface area (Å²) in [5, 5.41) is 8.29. The topological polar surface area (TPSA) is 27.0 Å². The number of hydrogen-bond acceptors (Lipinski definition) is 2. The maximum absolute atomic E-state index is 8.29. The highest BCUT2D eigenvalue weighted by Crippen LogP contribution is 2.11. The smallest absolute Gasteiger partial charge is 0.0635 e. The summed E-state index contributed by atoms with van der Waals surface area (Å²) in [7, 11) is 0. The van der Waals surface area contributed by atoms with E-state index in [0.29, 0.717) is 6.42 Å². The van der Waals surface area contributed by atoms with Crippen molar-refractivity contribution in [2.75, 3.05) is 13.1 Å². The van der Waals surface area contributed by atoms with Gasteiger partial charge < -0.3 is 0 Å². The molecule has 0 saturated carbocycles. The van der Waals surface area contributed by atoms with E-state index in [0.717, 1.165) is 19.5 Å². The minimum atomic E-state index is 0.632. The van der Waals surface area contributed by atoms with Gasteiger partial charge in [0.1, 0.15) is 0 Å². The second kappa shape index (κ2) is 4.29. The molecule has 0 aromatic carbocycles. The fraction of sp³-hybridized carbons (Fsp3) is 0.750. The van der Waals surface area contributed by atoms with Crippen LogP contribution in [0.15, 0.2) is 0 Å². The van der Waals surface area contributed by atoms with Crippen LogP contribution in [0.5, 0.6) is 0 Å². The number of nitriles is 1. The zero-order valence-corrected chi connectivity index (χ0v) is 6.14. The van der Waals surface area contributed by atoms with E-state index in [-0.39, 0.29) is 0 Å². The summed E-state index contributed by atoms with van der Waals surface area (Å²) in [5.41, 5.74) is 0. The number of hydrogen-bond donors (Lipinski definition) is 0. The van der Waals surface area contributed by atoms with Crippen LogP contribution in [0.2, 0.25) is 0 Å². The Balaban J connectivity index is 2.09. The number of nitrogens with zero attached hydrogens (tertiary/aromatic N) is 2. The lowest BCUT2D eigenvalue weighted by Gasteiger charge is -2.23. The summed E-state index contributed by atoms with van der Waals surface area (Å²) in [6.07, 6.45) is 4.24. The van der Waals surface area contributed by atoms with E-state index < -0.39 is 0 Å². The molecule has 0 N–H and O–H groups in total. The van der Waals surface area contributed by atoms with Crippen molar-refractivity contribution >= 4 is 0 Å². The first kappa shape index (κ1) is 7.56. The highest BCUT2D eigenvalue weighted by molar-refractivity contribution is 4.78. The third-order valence-corrected chi connectivity index (χ3v) is 1.68. The molecular formula is C8H12N2. The van der Waals surface area contributed by atoms with Crippen LogP contribution < -0.4 is 0 Å². The molecule has 10 heavy (non-hydrogen) atoms. The van der Waals surface area contributed by atoms with Crippen molar-refractivity contribution in [2.45, 2.75) is 25.7 Å². The van der Waals surface area contributed by atoms with E-state index in [2.05, 4.69) is 17.5 Å². The lowest BCUT2D eigenvalue weighted by Crippen LogP contribution is -2.26. The molecule has 0 spiro atoms. The molecule has 2 heteroatoms. The van der Waals surface area contributed by atoms with Crippen molar-refractivity contribution < 1.29 is 0 Å². The SMILES string of the molecule is N#CCCN1[C]CCCC1. The van der Waals surface area contributed by atoms with Crippen LogP contribution in [0.4, 0.5) is 0 Å². The molecule has 0 atom stereocenters. The molecule has 1 rings (SSSR count). The monoisotopic (exact) mass is 136 g/mol. The summed E-state index contributed by atoms with van der Waals surface area (Å²) in [4.78, 5) is 2.13. The van der Waals surface area contributed by atoms with E-state index in [9.17, 15) is 0 Å². The van der Waals surface area contributed by atoms with Crippen LogP contribution in [0, 0.1) is 17.9 Å². The third-order valence-electron chi connectivity index (χ3n) is 1.68. The van der Waals surface area contributed by atoms with Crippen LogP contribution in [0.25, 0.3) is 0 Å². The van der Waals surface area contributed by atoms with Crippen LogP contribution in [-0.2, 0) is 0 Å². The average Bonchev–Trinajstić information content (AvgIpc) is 2.03. The molecule has 1 saturated heterocycles. The van der Waals surface area contributed by atoms with Crippen LogP contribution in [-0.4, -0.2) is 18.0 Å². The van der Waals surface area contributed by atoms with Gasteiger partial charge in [-0.1, -0.05) is 6.42 Å². The number of rotatable bonds is 2. The van der Waals surface area contributed by atoms with Crippen molar-refractivity contribution in [1.29, 1.82) is 5.26 Å². The molecular weight excluding hydrogens is 124 g/mol. The summed E-state index contributed by atoms with van der Waals surface area (Å²) >= 11 is 0. The molecule has 1 heterocycles. The normalized spacial score (nSPS) is 20.3. The Bertz CT molecular complexity index is 120. The summed E-state index contributed by atoms with van der Waals surface area (Å²) < 4.78 is 0. The second-order valence-electron chi connectivity index (χ2n) is 2.51. The summed E-state index contributed by atoms with van der Waals surface area (Å²) in [5.74, 6) is 0. The maximum Gasteiger partial charge on any atom is 0.0635 e. The third kappa shape index (κ3) is 2.36. The Morgan fingerprint density at radius 3 is 3.00 bits per heavy atom. The molecule has 54 valence electrons. The second-order valence-corrected chi connectivity index (χ2v) is 2.51. The Kier molecular flexibility index (Phi) is 3.25. The van der Waals surface area contributed by atoms with Crippen molar-refractivity contribution in [2.24, 2.45) is 0 Å². The van der Waals surface area contributed by atoms with E-state index in [1.54, 1.807) is 0 Å². The van der Waals surface area contributed by atoms with Gasteiger partial charge in [0.25, 0.3) is 0 Å². The number of likely N-dealkylation sites (tertiary alicyclic amines) is 1. The Hall–Kier alpha value is -0.550. The first-order valence-electron chi connectivity index (χ1n) is 3.79. The minimum Gasteiger partial charge on any atom is -0.293 e. The summed E-state index contributed by atoms with van der Waals surface area (Å²) in [6, 6.07) is 2.13. The largest absolute Gasteiger partial charge is 0.293 e. The van der Waals surface area contributed by atoms with Gasteiger partial charge in [0.15, 0.2) is 0 Å². The maximum atomic E-state index is 8.29. The van der Waals surface area contributed by atoms with Gasteiger partial charge >= 0.3 is 0 Å². The molecule has 0 aliphatic carbocycles. The van der Waals surface area contributed by atoms with E-state index >= 15 is 0 Å². The van der Waals surface area contributed by atoms with Crippen LogP contribution in [0.3, 0.4) is 0 Å². The number of piperidine rings is 1. The Morgan fingerprint density at radius 1 is 1.50 bits per heavy atom. The lowest BCUT2D eigenvalue weighted by atomic mass is 10.1. The zero-order valence-electron chi connectivity index (χ0n) is 6.14. The quantitative estimate of drug-likeness (QED) is 0.574. The van der Waals surface area contributed by atoms with Crippen molar-refractivity contribution in [3.8, 4) is 6.07 Å². The predicted octanol–water partition coefficient (Wildman–Crippen LogP) is 1.42. The van der Waals surface area contributed by atoms with E-state index in [4.69, 9.17) is 5.26 Å². The van der Waals surface area contributed by atoms with Gasteiger partial charge in [-0.15, -0.1) is 0 Å². The van der Waals surface area contributed by atoms with Gasteiger partial charge in [-0.3, -0.25) is 4.90 Å². The highest BCUT2D eigenvalue weighted by Gasteiger charge is 2.09. The Labute approximate surface area is 62.4 Å². The average molecular weight is 136 g/mol. The predicted molar refractivity (Wildman–Crippen MR) is 38.9 cm³/mol. The van der Waals surface area contributed by atoms with Crippen molar-refractivity contribution in [3.63, 3.8) is 0 Å². The fourth-order valence-electron chi connectivity index (χ4n) is 1.12. The first-order valence-corrected chi connectivity index (χ1v) is 3.79. The highest BCUT2D eigenvalue weighted by atomic mass is 15.1. The molecule has 2 radical (unpaired) electrons. The molecule has 0 unspecified atom stereocenters. The van der Waals surface area contributed by atoms with Crippen LogP contribution in [0.1, 0.15) is 25.7 Å². The van der Waals surface area contributed by atoms with E-state index in [1.165, 1.54) is 12.8 Å². The minimum absolute atomic E-state index is 0.632. The molecule has 0 aromatic heterocycles. The molecule has 1 fully saturated rings. The fourth-order valence-corrected chi connectivity index (χ4v) is 1.12. The lowest BCUT2D eigenvalue weighted by molar-refractivity contribution is 0.287. The molecule has 2 nitrogen and oxygen atoms in total.